The van der Waals surface area contributed by atoms with Crippen LogP contribution in [0.3, 0.4) is 0 Å². The zero-order valence-corrected chi connectivity index (χ0v) is 10.2. The van der Waals surface area contributed by atoms with Gasteiger partial charge in [0.25, 0.3) is 0 Å². The van der Waals surface area contributed by atoms with Crippen LogP contribution in [0.25, 0.3) is 0 Å². The molecule has 0 unspecified atom stereocenters. The largest absolute Gasteiger partial charge is 0.294 e. The Morgan fingerprint density at radius 3 is 2.07 bits per heavy atom. The van der Waals surface area contributed by atoms with Crippen molar-refractivity contribution in [3.05, 3.63) is 27.8 Å². The molecule has 0 spiro atoms. The van der Waals surface area contributed by atoms with Crippen LogP contribution in [0.5, 0.6) is 0 Å². The van der Waals surface area contributed by atoms with Gasteiger partial charge in [0, 0.05) is 5.56 Å². The van der Waals surface area contributed by atoms with Crippen molar-refractivity contribution in [2.45, 2.75) is 41.0 Å². The molecule has 0 aliphatic carbocycles. The smallest absolute Gasteiger partial charge is 0.160 e. The van der Waals surface area contributed by atoms with E-state index in [2.05, 4.69) is 6.92 Å². The van der Waals surface area contributed by atoms with E-state index in [1.165, 1.54) is 0 Å². The van der Waals surface area contributed by atoms with E-state index in [1.807, 2.05) is 20.8 Å². The molecule has 0 heterocycles. The average molecular weight is 200 g/mol. The Hall–Kier alpha value is -1.05. The summed E-state index contributed by atoms with van der Waals surface area (Å²) in [5.74, 6) is 0.110. The van der Waals surface area contributed by atoms with Crippen LogP contribution in [-0.2, 0) is 6.42 Å². The summed E-state index contributed by atoms with van der Waals surface area (Å²) in [7, 11) is 5.99. The minimum Gasteiger partial charge on any atom is -0.294 e. The standard InChI is InChI=1S/C13H17BO/c1-6-11-7(2)8(3)13(14)9(4)12(11)10(5)15/h6H2,1-5H3. The molecule has 1 aromatic rings. The summed E-state index contributed by atoms with van der Waals surface area (Å²) < 4.78 is 0. The van der Waals surface area contributed by atoms with Crippen LogP contribution < -0.4 is 5.46 Å². The van der Waals surface area contributed by atoms with E-state index < -0.39 is 0 Å². The molecule has 1 nitrogen and oxygen atoms in total. The molecule has 15 heavy (non-hydrogen) atoms. The lowest BCUT2D eigenvalue weighted by Gasteiger charge is -2.18. The van der Waals surface area contributed by atoms with Gasteiger partial charge in [0.1, 0.15) is 7.85 Å². The van der Waals surface area contributed by atoms with Gasteiger partial charge < -0.3 is 0 Å². The van der Waals surface area contributed by atoms with Crippen LogP contribution in [0.1, 0.15) is 46.5 Å². The molecule has 1 rings (SSSR count). The second-order valence-corrected chi connectivity index (χ2v) is 4.05. The van der Waals surface area contributed by atoms with E-state index >= 15 is 0 Å². The van der Waals surface area contributed by atoms with E-state index in [1.54, 1.807) is 6.92 Å². The van der Waals surface area contributed by atoms with Crippen molar-refractivity contribution in [1.82, 2.24) is 0 Å². The summed E-state index contributed by atoms with van der Waals surface area (Å²) >= 11 is 0. The van der Waals surface area contributed by atoms with E-state index in [-0.39, 0.29) is 5.78 Å². The van der Waals surface area contributed by atoms with E-state index in [4.69, 9.17) is 7.85 Å². The van der Waals surface area contributed by atoms with Crippen molar-refractivity contribution in [2.24, 2.45) is 0 Å². The maximum absolute atomic E-state index is 11.6. The maximum Gasteiger partial charge on any atom is 0.160 e. The minimum absolute atomic E-state index is 0.110. The van der Waals surface area contributed by atoms with E-state index in [0.717, 1.165) is 39.7 Å². The fourth-order valence-corrected chi connectivity index (χ4v) is 2.18. The van der Waals surface area contributed by atoms with Gasteiger partial charge in [0.15, 0.2) is 5.78 Å². The summed E-state index contributed by atoms with van der Waals surface area (Å²) in [5, 5.41) is 0. The van der Waals surface area contributed by atoms with Crippen LogP contribution in [0.2, 0.25) is 0 Å². The molecule has 2 radical (unpaired) electrons. The molecule has 78 valence electrons. The molecule has 0 bridgehead atoms. The number of carbonyl (C=O) groups excluding carboxylic acids is 1. The molecule has 0 fully saturated rings. The number of rotatable bonds is 2. The van der Waals surface area contributed by atoms with Crippen molar-refractivity contribution in [3.63, 3.8) is 0 Å². The lowest BCUT2D eigenvalue weighted by atomic mass is 9.78. The minimum atomic E-state index is 0.110. The summed E-state index contributed by atoms with van der Waals surface area (Å²) in [6.45, 7) is 9.66. The molecule has 0 saturated heterocycles. The first-order valence-corrected chi connectivity index (χ1v) is 5.30. The van der Waals surface area contributed by atoms with E-state index in [9.17, 15) is 4.79 Å². The fraction of sp³-hybridized carbons (Fsp3) is 0.462. The van der Waals surface area contributed by atoms with Crippen LogP contribution >= 0.6 is 0 Å². The molecule has 0 atom stereocenters. The molecular formula is C13H17BO. The predicted octanol–water partition coefficient (Wildman–Crippen LogP) is 2.17. The van der Waals surface area contributed by atoms with Crippen LogP contribution in [0, 0.1) is 20.8 Å². The number of hydrogen-bond acceptors (Lipinski definition) is 1. The predicted molar refractivity (Wildman–Crippen MR) is 65.4 cm³/mol. The van der Waals surface area contributed by atoms with Crippen LogP contribution in [-0.4, -0.2) is 13.6 Å². The summed E-state index contributed by atoms with van der Waals surface area (Å²) in [6.07, 6.45) is 0.878. The van der Waals surface area contributed by atoms with Gasteiger partial charge in [0.2, 0.25) is 0 Å². The van der Waals surface area contributed by atoms with Gasteiger partial charge >= 0.3 is 0 Å². The molecule has 2 heteroatoms. The van der Waals surface area contributed by atoms with Crippen LogP contribution in [0.4, 0.5) is 0 Å². The first-order chi connectivity index (χ1) is 6.91. The van der Waals surface area contributed by atoms with Gasteiger partial charge in [0.05, 0.1) is 0 Å². The highest BCUT2D eigenvalue weighted by Crippen LogP contribution is 2.21. The Balaban J connectivity index is 3.70. The van der Waals surface area contributed by atoms with Crippen molar-refractivity contribution in [2.75, 3.05) is 0 Å². The third-order valence-corrected chi connectivity index (χ3v) is 3.21. The molecular weight excluding hydrogens is 183 g/mol. The van der Waals surface area contributed by atoms with Crippen molar-refractivity contribution < 1.29 is 4.79 Å². The first kappa shape index (κ1) is 12.0. The van der Waals surface area contributed by atoms with Gasteiger partial charge in [-0.05, 0) is 50.8 Å². The molecule has 0 amide bonds. The maximum atomic E-state index is 11.6. The Labute approximate surface area is 93.3 Å². The lowest BCUT2D eigenvalue weighted by molar-refractivity contribution is 0.101. The van der Waals surface area contributed by atoms with Gasteiger partial charge in [-0.3, -0.25) is 4.79 Å². The van der Waals surface area contributed by atoms with Crippen molar-refractivity contribution in [3.8, 4) is 0 Å². The molecule has 1 aromatic carbocycles. The molecule has 0 aromatic heterocycles. The van der Waals surface area contributed by atoms with E-state index in [0.29, 0.717) is 0 Å². The second kappa shape index (κ2) is 4.22. The second-order valence-electron chi connectivity index (χ2n) is 4.05. The number of carbonyl (C=O) groups is 1. The number of benzene rings is 1. The first-order valence-electron chi connectivity index (χ1n) is 5.30. The molecule has 0 N–H and O–H groups in total. The molecule has 0 aliphatic heterocycles. The quantitative estimate of drug-likeness (QED) is 0.528. The Bertz CT molecular complexity index is 419. The highest BCUT2D eigenvalue weighted by molar-refractivity contribution is 6.35. The third-order valence-electron chi connectivity index (χ3n) is 3.21. The number of hydrogen-bond donors (Lipinski definition) is 0. The fourth-order valence-electron chi connectivity index (χ4n) is 2.18. The number of ketones is 1. The third kappa shape index (κ3) is 1.85. The van der Waals surface area contributed by atoms with Gasteiger partial charge in [-0.25, -0.2) is 0 Å². The van der Waals surface area contributed by atoms with Gasteiger partial charge in [-0.1, -0.05) is 17.9 Å². The Morgan fingerprint density at radius 1 is 1.13 bits per heavy atom. The molecule has 0 saturated carbocycles. The zero-order chi connectivity index (χ0) is 11.7. The zero-order valence-electron chi connectivity index (χ0n) is 10.2. The Morgan fingerprint density at radius 2 is 1.67 bits per heavy atom. The van der Waals surface area contributed by atoms with Crippen molar-refractivity contribution in [1.29, 1.82) is 0 Å². The van der Waals surface area contributed by atoms with Gasteiger partial charge in [-0.15, -0.1) is 0 Å². The topological polar surface area (TPSA) is 17.1 Å². The van der Waals surface area contributed by atoms with Gasteiger partial charge in [-0.2, -0.15) is 0 Å². The SMILES string of the molecule is [B]c1c(C)c(C)c(CC)c(C(C)=O)c1C. The van der Waals surface area contributed by atoms with Crippen LogP contribution in [0.15, 0.2) is 0 Å². The summed E-state index contributed by atoms with van der Waals surface area (Å²) in [4.78, 5) is 11.6. The van der Waals surface area contributed by atoms with Crippen molar-refractivity contribution >= 4 is 19.1 Å². The normalized spacial score (nSPS) is 10.5. The monoisotopic (exact) mass is 200 g/mol. The number of Topliss-reactive ketones (excluding diaryl/α,β-unsaturated/α-hetero) is 1. The highest BCUT2D eigenvalue weighted by atomic mass is 16.1. The average Bonchev–Trinajstić information content (AvgIpc) is 2.19. The highest BCUT2D eigenvalue weighted by Gasteiger charge is 2.15. The Kier molecular flexibility index (Phi) is 3.38. The summed E-state index contributed by atoms with van der Waals surface area (Å²) in [6, 6.07) is 0. The summed E-state index contributed by atoms with van der Waals surface area (Å²) in [5.41, 5.74) is 5.92. The molecule has 0 aliphatic rings. The lowest BCUT2D eigenvalue weighted by Crippen LogP contribution is -2.20.